The number of halogens is 3. The minimum absolute atomic E-state index is 0.211. The van der Waals surface area contributed by atoms with Crippen LogP contribution in [0.1, 0.15) is 56.9 Å². The normalized spacial score (nSPS) is 21.4. The topological polar surface area (TPSA) is 75.7 Å². The monoisotopic (exact) mass is 656 g/mol. The maximum absolute atomic E-state index is 16.4. The maximum Gasteiger partial charge on any atom is 0.298 e. The average molecular weight is 657 g/mol. The summed E-state index contributed by atoms with van der Waals surface area (Å²) in [4.78, 5) is 15.0. The third-order valence-corrected chi connectivity index (χ3v) is 11.4. The van der Waals surface area contributed by atoms with E-state index in [1.807, 2.05) is 0 Å². The molecule has 0 bridgehead atoms. The second kappa shape index (κ2) is 13.4. The molecule has 3 aromatic carbocycles. The van der Waals surface area contributed by atoms with Gasteiger partial charge in [-0.1, -0.05) is 73.7 Å². The van der Waals surface area contributed by atoms with E-state index in [0.717, 1.165) is 37.7 Å². The summed E-state index contributed by atoms with van der Waals surface area (Å²) >= 11 is 5.98. The summed E-state index contributed by atoms with van der Waals surface area (Å²) in [5, 5.41) is 0.559. The van der Waals surface area contributed by atoms with Crippen molar-refractivity contribution in [3.63, 3.8) is 0 Å². The van der Waals surface area contributed by atoms with Crippen molar-refractivity contribution >= 4 is 27.5 Å². The highest BCUT2D eigenvalue weighted by Gasteiger charge is 2.51. The third kappa shape index (κ3) is 7.21. The first-order chi connectivity index (χ1) is 21.6. The van der Waals surface area contributed by atoms with E-state index in [2.05, 4.69) is 4.72 Å². The number of fused-ring (bicyclic) bond motifs is 1. The summed E-state index contributed by atoms with van der Waals surface area (Å²) in [6.45, 7) is 1.28. The second-order valence-electron chi connectivity index (χ2n) is 12.7. The Kier molecular flexibility index (Phi) is 9.50. The number of amides is 1. The fraction of sp³-hybridized carbons (Fsp3) is 0.457. The summed E-state index contributed by atoms with van der Waals surface area (Å²) < 4.78 is 67.9. The van der Waals surface area contributed by atoms with E-state index in [4.69, 9.17) is 16.3 Å². The first-order valence-electron chi connectivity index (χ1n) is 15.9. The van der Waals surface area contributed by atoms with Gasteiger partial charge in [0.25, 0.3) is 5.92 Å². The van der Waals surface area contributed by atoms with Crippen molar-refractivity contribution in [3.8, 4) is 16.9 Å². The molecule has 1 heterocycles. The van der Waals surface area contributed by atoms with Crippen molar-refractivity contribution in [2.45, 2.75) is 68.2 Å². The highest BCUT2D eigenvalue weighted by Crippen LogP contribution is 2.40. The minimum atomic E-state index is -4.50. The molecule has 0 spiro atoms. The Balaban J connectivity index is 1.23. The lowest BCUT2D eigenvalue weighted by Gasteiger charge is -2.31. The van der Waals surface area contributed by atoms with Crippen LogP contribution in [0.15, 0.2) is 77.7 Å². The Morgan fingerprint density at radius 1 is 0.844 bits per heavy atom. The van der Waals surface area contributed by atoms with Gasteiger partial charge < -0.3 is 9.64 Å². The molecule has 0 radical (unpaired) electrons. The summed E-state index contributed by atoms with van der Waals surface area (Å²) in [5.41, 5.74) is 1.03. The quantitative estimate of drug-likeness (QED) is 0.243. The Labute approximate surface area is 269 Å². The number of carbonyl (C=O) groups is 1. The van der Waals surface area contributed by atoms with E-state index in [1.165, 1.54) is 72.7 Å². The largest absolute Gasteiger partial charge is 0.493 e. The zero-order valence-corrected chi connectivity index (χ0v) is 26.7. The number of carbonyl (C=O) groups excluding carboxylic acids is 1. The smallest absolute Gasteiger partial charge is 0.298 e. The number of nitrogens with zero attached hydrogens (tertiary/aromatic N) is 1. The summed E-state index contributed by atoms with van der Waals surface area (Å²) in [6.07, 6.45) is 8.80. The van der Waals surface area contributed by atoms with Gasteiger partial charge in [0, 0.05) is 23.7 Å². The lowest BCUT2D eigenvalue weighted by Crippen LogP contribution is -2.56. The number of alkyl halides is 2. The van der Waals surface area contributed by atoms with Gasteiger partial charge in [0.05, 0.1) is 11.5 Å². The maximum atomic E-state index is 16.4. The fourth-order valence-electron chi connectivity index (χ4n) is 7.08. The van der Waals surface area contributed by atoms with E-state index in [0.29, 0.717) is 41.9 Å². The van der Waals surface area contributed by atoms with Gasteiger partial charge >= 0.3 is 0 Å². The van der Waals surface area contributed by atoms with Crippen LogP contribution in [-0.2, 0) is 20.7 Å². The van der Waals surface area contributed by atoms with Crippen molar-refractivity contribution in [2.24, 2.45) is 17.8 Å². The lowest BCUT2D eigenvalue weighted by molar-refractivity contribution is -0.143. The van der Waals surface area contributed by atoms with Crippen molar-refractivity contribution in [1.82, 2.24) is 9.62 Å². The first kappa shape index (κ1) is 32.0. The van der Waals surface area contributed by atoms with Crippen molar-refractivity contribution in [3.05, 3.63) is 83.4 Å². The van der Waals surface area contributed by atoms with Crippen molar-refractivity contribution in [1.29, 1.82) is 0 Å². The molecule has 6 rings (SSSR count). The van der Waals surface area contributed by atoms with Crippen LogP contribution in [0.4, 0.5) is 8.78 Å². The predicted octanol–water partition coefficient (Wildman–Crippen LogP) is 7.66. The zero-order chi connectivity index (χ0) is 31.6. The second-order valence-corrected chi connectivity index (χ2v) is 14.9. The van der Waals surface area contributed by atoms with E-state index in [-0.39, 0.29) is 16.7 Å². The number of benzene rings is 3. The number of rotatable bonds is 10. The molecule has 3 atom stereocenters. The minimum Gasteiger partial charge on any atom is -0.493 e. The van der Waals surface area contributed by atoms with Crippen LogP contribution in [0.25, 0.3) is 11.1 Å². The highest BCUT2D eigenvalue weighted by molar-refractivity contribution is 7.89. The van der Waals surface area contributed by atoms with Gasteiger partial charge in [-0.25, -0.2) is 8.42 Å². The van der Waals surface area contributed by atoms with Gasteiger partial charge in [0.2, 0.25) is 15.9 Å². The molecule has 1 aliphatic heterocycles. The van der Waals surface area contributed by atoms with Gasteiger partial charge in [0.1, 0.15) is 5.75 Å². The average Bonchev–Trinajstić information content (AvgIpc) is 3.67. The van der Waals surface area contributed by atoms with E-state index in [9.17, 15) is 13.2 Å². The predicted molar refractivity (Wildman–Crippen MR) is 171 cm³/mol. The molecule has 6 nitrogen and oxygen atoms in total. The van der Waals surface area contributed by atoms with Gasteiger partial charge in [0.15, 0.2) is 6.04 Å². The fourth-order valence-corrected chi connectivity index (χ4v) is 8.39. The number of hydrogen-bond acceptors (Lipinski definition) is 4. The molecule has 3 fully saturated rings. The zero-order valence-electron chi connectivity index (χ0n) is 25.1. The van der Waals surface area contributed by atoms with Crippen LogP contribution < -0.4 is 9.46 Å². The Hall–Kier alpha value is -3.01. The highest BCUT2D eigenvalue weighted by atomic mass is 35.5. The number of sulfonamides is 1. The molecule has 45 heavy (non-hydrogen) atoms. The van der Waals surface area contributed by atoms with Crippen LogP contribution in [-0.4, -0.2) is 45.0 Å². The van der Waals surface area contributed by atoms with Crippen LogP contribution in [0.5, 0.6) is 5.75 Å². The standard InChI is InChI=1S/C35H39ClF2N2O4S/c36-30-15-11-26(12-16-30)25-9-13-29(14-10-25)35(37,38)33(34(41)40-21-27-7-4-8-28(27)22-40)39-45(42,43)32-19-17-31(18-20-32)44-23-24-5-2-1-3-6-24/h9-20,24,27-28,33,39H,1-8,21-23H2/t27-,28+,33-/m0/s1. The number of likely N-dealkylation sites (tertiary alicyclic amines) is 1. The van der Waals surface area contributed by atoms with E-state index >= 15 is 8.78 Å². The Morgan fingerprint density at radius 3 is 2.02 bits per heavy atom. The number of ether oxygens (including phenoxy) is 1. The SMILES string of the molecule is O=C([C@H](NS(=O)(=O)c1ccc(OCC2CCCCC2)cc1)C(F)(F)c1ccc(-c2ccc(Cl)cc2)cc1)N1C[C@H]2CCC[C@H]2C1. The summed E-state index contributed by atoms with van der Waals surface area (Å²) in [7, 11) is -4.50. The molecule has 10 heteroatoms. The Bertz CT molecular complexity index is 1570. The van der Waals surface area contributed by atoms with E-state index in [1.54, 1.807) is 24.3 Å². The van der Waals surface area contributed by atoms with Crippen molar-refractivity contribution < 1.29 is 26.7 Å². The molecule has 1 N–H and O–H groups in total. The number of nitrogens with one attached hydrogen (secondary N) is 1. The molecule has 240 valence electrons. The molecule has 3 aliphatic rings. The molecule has 0 aromatic heterocycles. The van der Waals surface area contributed by atoms with Crippen molar-refractivity contribution in [2.75, 3.05) is 19.7 Å². The molecular weight excluding hydrogens is 618 g/mol. The van der Waals surface area contributed by atoms with Crippen LogP contribution >= 0.6 is 11.6 Å². The molecule has 2 saturated carbocycles. The van der Waals surface area contributed by atoms with Crippen LogP contribution in [0, 0.1) is 17.8 Å². The summed E-state index contributed by atoms with van der Waals surface area (Å²) in [5.74, 6) is -3.22. The Morgan fingerprint density at radius 2 is 1.42 bits per heavy atom. The van der Waals surface area contributed by atoms with Gasteiger partial charge in [-0.05, 0) is 91.0 Å². The van der Waals surface area contributed by atoms with Gasteiger partial charge in [-0.15, -0.1) is 0 Å². The first-order valence-corrected chi connectivity index (χ1v) is 17.7. The summed E-state index contributed by atoms with van der Waals surface area (Å²) in [6, 6.07) is 16.0. The molecule has 1 amide bonds. The van der Waals surface area contributed by atoms with Crippen LogP contribution in [0.2, 0.25) is 5.02 Å². The van der Waals surface area contributed by atoms with Crippen LogP contribution in [0.3, 0.4) is 0 Å². The van der Waals surface area contributed by atoms with Gasteiger partial charge in [-0.2, -0.15) is 13.5 Å². The number of hydrogen-bond donors (Lipinski definition) is 1. The van der Waals surface area contributed by atoms with E-state index < -0.39 is 33.5 Å². The molecule has 1 saturated heterocycles. The molecule has 2 aliphatic carbocycles. The molecular formula is C35H39ClF2N2O4S. The lowest BCUT2D eigenvalue weighted by atomic mass is 9.90. The molecule has 0 unspecified atom stereocenters. The molecule has 3 aromatic rings. The van der Waals surface area contributed by atoms with Gasteiger partial charge in [-0.3, -0.25) is 4.79 Å². The third-order valence-electron chi connectivity index (χ3n) is 9.71.